The molecule has 4 unspecified atom stereocenters. The van der Waals surface area contributed by atoms with Gasteiger partial charge in [0, 0.05) is 17.7 Å². The number of fused-ring (bicyclic) bond motifs is 4. The average molecular weight is 623 g/mol. The molecule has 12 heteroatoms. The van der Waals surface area contributed by atoms with Crippen LogP contribution in [-0.4, -0.2) is 44.8 Å². The highest BCUT2D eigenvalue weighted by Crippen LogP contribution is 2.59. The van der Waals surface area contributed by atoms with Crippen LogP contribution < -0.4 is 20.7 Å². The van der Waals surface area contributed by atoms with E-state index in [1.165, 1.54) is 13.2 Å². The fourth-order valence-corrected chi connectivity index (χ4v) is 6.47. The summed E-state index contributed by atoms with van der Waals surface area (Å²) in [5.41, 5.74) is 0.235. The molecule has 4 aromatic rings. The van der Waals surface area contributed by atoms with Crippen LogP contribution in [0.25, 0.3) is 11.6 Å². The Kier molecular flexibility index (Phi) is 6.54. The highest BCUT2D eigenvalue weighted by molar-refractivity contribution is 5.91. The van der Waals surface area contributed by atoms with Crippen molar-refractivity contribution in [2.75, 3.05) is 5.32 Å². The summed E-state index contributed by atoms with van der Waals surface area (Å²) in [5, 5.41) is 29.6. The molecular weight excluding hydrogens is 588 g/mol. The monoisotopic (exact) mass is 622 g/mol. The summed E-state index contributed by atoms with van der Waals surface area (Å²) in [7, 11) is 0. The summed E-state index contributed by atoms with van der Waals surface area (Å²) in [4.78, 5) is 36.5. The van der Waals surface area contributed by atoms with Crippen molar-refractivity contribution in [1.82, 2.24) is 20.6 Å². The van der Waals surface area contributed by atoms with Crippen LogP contribution in [0.4, 0.5) is 5.69 Å². The van der Waals surface area contributed by atoms with Gasteiger partial charge in [-0.1, -0.05) is 58.0 Å². The molecule has 0 radical (unpaired) electrons. The first kappa shape index (κ1) is 29.6. The van der Waals surface area contributed by atoms with Crippen LogP contribution in [0.1, 0.15) is 81.1 Å². The number of anilines is 1. The molecule has 0 aliphatic carbocycles. The molecule has 0 fully saturated rings. The van der Waals surface area contributed by atoms with Crippen molar-refractivity contribution in [2.24, 2.45) is 5.41 Å². The minimum absolute atomic E-state index is 0.0787. The van der Waals surface area contributed by atoms with Gasteiger partial charge in [0.1, 0.15) is 41.2 Å². The molecule has 1 spiro atoms. The van der Waals surface area contributed by atoms with Gasteiger partial charge in [0.25, 0.3) is 5.91 Å². The molecule has 2 aromatic heterocycles. The lowest BCUT2D eigenvalue weighted by Crippen LogP contribution is -2.55. The second kappa shape index (κ2) is 10.2. The third-order valence-corrected chi connectivity index (χ3v) is 9.21. The van der Waals surface area contributed by atoms with Crippen LogP contribution in [0.3, 0.4) is 0 Å². The van der Waals surface area contributed by atoms with Gasteiger partial charge in [-0.15, -0.1) is 0 Å². The summed E-state index contributed by atoms with van der Waals surface area (Å²) in [6, 6.07) is 13.7. The van der Waals surface area contributed by atoms with Gasteiger partial charge in [-0.05, 0) is 42.0 Å². The maximum absolute atomic E-state index is 14.1. The van der Waals surface area contributed by atoms with Gasteiger partial charge in [0.05, 0.1) is 0 Å². The number of amides is 2. The molecular formula is C34H34N6O6. The average Bonchev–Trinajstić information content (AvgIpc) is 3.79. The van der Waals surface area contributed by atoms with E-state index in [1.54, 1.807) is 6.92 Å². The minimum atomic E-state index is -1.67. The van der Waals surface area contributed by atoms with Gasteiger partial charge in [0.15, 0.2) is 23.4 Å². The number of carbonyl (C=O) groups excluding carboxylic acids is 2. The van der Waals surface area contributed by atoms with Gasteiger partial charge in [-0.3, -0.25) is 9.59 Å². The summed E-state index contributed by atoms with van der Waals surface area (Å²) >= 11 is 0. The number of carbonyl (C=O) groups is 2. The predicted molar refractivity (Wildman–Crippen MR) is 164 cm³/mol. The lowest BCUT2D eigenvalue weighted by molar-refractivity contribution is -0.141. The Morgan fingerprint density at radius 2 is 1.93 bits per heavy atom. The summed E-state index contributed by atoms with van der Waals surface area (Å²) in [6.07, 6.45) is 0.930. The molecule has 5 atom stereocenters. The van der Waals surface area contributed by atoms with Gasteiger partial charge in [0.2, 0.25) is 17.7 Å². The first-order valence-corrected chi connectivity index (χ1v) is 15.2. The molecule has 2 amide bonds. The van der Waals surface area contributed by atoms with Crippen molar-refractivity contribution in [2.45, 2.75) is 76.8 Å². The number of nitrogens with zero attached hydrogens (tertiary/aromatic N) is 3. The van der Waals surface area contributed by atoms with Gasteiger partial charge in [-0.25, -0.2) is 4.98 Å². The number of nitriles is 1. The van der Waals surface area contributed by atoms with Crippen LogP contribution in [0.5, 0.6) is 5.75 Å². The smallest absolute Gasteiger partial charge is 0.252 e. The van der Waals surface area contributed by atoms with E-state index in [-0.39, 0.29) is 36.0 Å². The Morgan fingerprint density at radius 3 is 2.65 bits per heavy atom. The first-order valence-electron chi connectivity index (χ1n) is 15.2. The van der Waals surface area contributed by atoms with E-state index in [1.807, 2.05) is 69.3 Å². The molecule has 7 rings (SSSR count). The molecule has 2 aromatic carbocycles. The number of aromatic nitrogens is 2. The fraction of sp³-hybridized carbons (Fsp3) is 0.382. The lowest BCUT2D eigenvalue weighted by atomic mass is 9.72. The molecule has 0 saturated carbocycles. The molecule has 4 N–H and O–H groups in total. The third-order valence-electron chi connectivity index (χ3n) is 9.21. The SMILES string of the molecule is CCC(C)(O)C(=O)N[C@H]1Cc2ccc3c(c2)C2(c4ccccc4NC2O3)c2oc(nc2-c2nc(C#N)co2)C(C(C)(C)C)NC1=O. The molecule has 3 aliphatic rings. The number of benzene rings is 2. The van der Waals surface area contributed by atoms with Crippen LogP contribution in [0.2, 0.25) is 0 Å². The van der Waals surface area contributed by atoms with Crippen molar-refractivity contribution < 1.29 is 28.3 Å². The number of oxazole rings is 2. The Bertz CT molecular complexity index is 1930. The number of nitrogens with one attached hydrogen (secondary N) is 3. The van der Waals surface area contributed by atoms with Gasteiger partial charge < -0.3 is 34.6 Å². The van der Waals surface area contributed by atoms with Gasteiger partial charge >= 0.3 is 0 Å². The standard InChI is InChI=1S/C34H34N6O6/c1-6-33(5,43)30(42)37-22-14-17-11-12-23-20(13-17)34(19-9-7-8-10-21(19)38-31(34)45-23)26-24(28-36-18(15-35)16-44-28)39-29(46-26)25(32(2,3)4)40-27(22)41/h7-13,16,22,25,31,38,43H,6,14H2,1-5H3,(H,37,42)(H,40,41)/t22-,25?,31?,33?,34?/m0/s1. The fourth-order valence-electron chi connectivity index (χ4n) is 6.47. The molecule has 0 saturated heterocycles. The Balaban J connectivity index is 1.51. The number of rotatable bonds is 4. The van der Waals surface area contributed by atoms with Crippen LogP contribution in [0, 0.1) is 16.7 Å². The van der Waals surface area contributed by atoms with E-state index in [9.17, 15) is 20.0 Å². The maximum Gasteiger partial charge on any atom is 0.252 e. The number of hydrogen-bond acceptors (Lipinski definition) is 10. The Hall–Kier alpha value is -5.15. The highest BCUT2D eigenvalue weighted by Gasteiger charge is 2.61. The zero-order valence-corrected chi connectivity index (χ0v) is 26.1. The minimum Gasteiger partial charge on any atom is -0.469 e. The number of ether oxygens (including phenoxy) is 1. The van der Waals surface area contributed by atoms with E-state index in [4.69, 9.17) is 18.6 Å². The number of aliphatic hydroxyl groups is 1. The molecule has 5 heterocycles. The van der Waals surface area contributed by atoms with Crippen LogP contribution in [0.15, 0.2) is 57.6 Å². The van der Waals surface area contributed by atoms with Crippen molar-refractivity contribution in [1.29, 1.82) is 5.26 Å². The van der Waals surface area contributed by atoms with Crippen molar-refractivity contribution >= 4 is 17.5 Å². The summed E-state index contributed by atoms with van der Waals surface area (Å²) in [6.45, 7) is 8.94. The van der Waals surface area contributed by atoms with Crippen molar-refractivity contribution in [3.05, 3.63) is 82.8 Å². The third kappa shape index (κ3) is 4.37. The normalized spacial score (nSPS) is 24.1. The van der Waals surface area contributed by atoms with Gasteiger partial charge in [-0.2, -0.15) is 10.2 Å². The number of para-hydroxylation sites is 1. The second-order valence-electron chi connectivity index (χ2n) is 13.4. The van der Waals surface area contributed by atoms with E-state index < -0.39 is 46.6 Å². The molecule has 3 aliphatic heterocycles. The van der Waals surface area contributed by atoms with E-state index in [2.05, 4.69) is 20.9 Å². The topological polar surface area (TPSA) is 176 Å². The predicted octanol–water partition coefficient (Wildman–Crippen LogP) is 4.08. The van der Waals surface area contributed by atoms with Crippen LogP contribution in [-0.2, 0) is 21.4 Å². The summed E-state index contributed by atoms with van der Waals surface area (Å²) < 4.78 is 19.1. The maximum atomic E-state index is 14.1. The van der Waals surface area contributed by atoms with E-state index >= 15 is 0 Å². The summed E-state index contributed by atoms with van der Waals surface area (Å²) in [5.74, 6) is 0.151. The second-order valence-corrected chi connectivity index (χ2v) is 13.4. The zero-order chi connectivity index (χ0) is 32.6. The lowest BCUT2D eigenvalue weighted by Gasteiger charge is -2.32. The number of hydrogen-bond donors (Lipinski definition) is 4. The largest absolute Gasteiger partial charge is 0.469 e. The highest BCUT2D eigenvalue weighted by atomic mass is 16.5. The Morgan fingerprint density at radius 1 is 1.15 bits per heavy atom. The molecule has 236 valence electrons. The molecule has 46 heavy (non-hydrogen) atoms. The quantitative estimate of drug-likeness (QED) is 0.259. The molecule has 4 bridgehead atoms. The van der Waals surface area contributed by atoms with Crippen molar-refractivity contribution in [3.63, 3.8) is 0 Å². The van der Waals surface area contributed by atoms with Crippen LogP contribution >= 0.6 is 0 Å². The molecule has 12 nitrogen and oxygen atoms in total. The van der Waals surface area contributed by atoms with E-state index in [0.717, 1.165) is 22.4 Å². The zero-order valence-electron chi connectivity index (χ0n) is 26.1. The van der Waals surface area contributed by atoms with Crippen molar-refractivity contribution in [3.8, 4) is 23.4 Å². The van der Waals surface area contributed by atoms with E-state index in [0.29, 0.717) is 11.5 Å². The Labute approximate surface area is 265 Å². The first-order chi connectivity index (χ1) is 21.9.